The van der Waals surface area contributed by atoms with Gasteiger partial charge in [0.25, 0.3) is 0 Å². The lowest BCUT2D eigenvalue weighted by atomic mass is 10.0. The fraction of sp³-hybridized carbons (Fsp3) is 1.00. The molecule has 2 saturated heterocycles. The zero-order chi connectivity index (χ0) is 9.10. The number of rotatable bonds is 1. The van der Waals surface area contributed by atoms with Gasteiger partial charge in [-0.1, -0.05) is 6.42 Å². The maximum Gasteiger partial charge on any atom is 0.0120 e. The highest BCUT2D eigenvalue weighted by molar-refractivity contribution is 5.85. The van der Waals surface area contributed by atoms with E-state index in [1.165, 1.54) is 58.3 Å². The van der Waals surface area contributed by atoms with E-state index >= 15 is 0 Å². The third-order valence-electron chi connectivity index (χ3n) is 3.60. The molecule has 0 spiro atoms. The molecule has 0 aromatic carbocycles. The van der Waals surface area contributed by atoms with Crippen molar-refractivity contribution in [1.29, 1.82) is 0 Å². The topological polar surface area (TPSA) is 6.48 Å². The molecule has 2 aliphatic rings. The summed E-state index contributed by atoms with van der Waals surface area (Å²) in [6, 6.07) is 0.913. The van der Waals surface area contributed by atoms with Gasteiger partial charge >= 0.3 is 0 Å². The number of hydrogen-bond acceptors (Lipinski definition) is 2. The van der Waals surface area contributed by atoms with Crippen LogP contribution >= 0.6 is 12.4 Å². The fourth-order valence-electron chi connectivity index (χ4n) is 2.64. The number of halogens is 1. The van der Waals surface area contributed by atoms with Crippen LogP contribution in [-0.4, -0.2) is 49.1 Å². The van der Waals surface area contributed by atoms with E-state index in [0.717, 1.165) is 6.04 Å². The summed E-state index contributed by atoms with van der Waals surface area (Å²) >= 11 is 0. The molecule has 0 bridgehead atoms. The van der Waals surface area contributed by atoms with Gasteiger partial charge in [0.05, 0.1) is 0 Å². The molecular formula is C11H23ClN2. The maximum absolute atomic E-state index is 2.73. The number of likely N-dealkylation sites (tertiary alicyclic amines) is 2. The number of nitrogens with zero attached hydrogens (tertiary/aromatic N) is 2. The Labute approximate surface area is 94.0 Å². The summed E-state index contributed by atoms with van der Waals surface area (Å²) in [5.41, 5.74) is 0. The Morgan fingerprint density at radius 2 is 1.43 bits per heavy atom. The van der Waals surface area contributed by atoms with E-state index < -0.39 is 0 Å². The molecule has 2 heterocycles. The van der Waals surface area contributed by atoms with Gasteiger partial charge in [-0.2, -0.15) is 0 Å². The van der Waals surface area contributed by atoms with Gasteiger partial charge in [0.2, 0.25) is 0 Å². The zero-order valence-corrected chi connectivity index (χ0v) is 10.1. The van der Waals surface area contributed by atoms with Crippen LogP contribution in [0.4, 0.5) is 0 Å². The second kappa shape index (κ2) is 5.94. The summed E-state index contributed by atoms with van der Waals surface area (Å²) in [4.78, 5) is 5.19. The predicted octanol–water partition coefficient (Wildman–Crippen LogP) is 1.99. The Kier molecular flexibility index (Phi) is 5.21. The van der Waals surface area contributed by atoms with Gasteiger partial charge in [-0.3, -0.25) is 0 Å². The van der Waals surface area contributed by atoms with E-state index in [1.807, 2.05) is 0 Å². The largest absolute Gasteiger partial charge is 0.306 e. The molecule has 0 aliphatic carbocycles. The molecule has 0 atom stereocenters. The van der Waals surface area contributed by atoms with Gasteiger partial charge in [-0.25, -0.2) is 0 Å². The van der Waals surface area contributed by atoms with Gasteiger partial charge in [0, 0.05) is 6.04 Å². The molecule has 3 heteroatoms. The first-order valence-electron chi connectivity index (χ1n) is 5.79. The highest BCUT2D eigenvalue weighted by Gasteiger charge is 2.23. The highest BCUT2D eigenvalue weighted by Crippen LogP contribution is 2.19. The van der Waals surface area contributed by atoms with Crippen molar-refractivity contribution in [2.24, 2.45) is 0 Å². The summed E-state index contributed by atoms with van der Waals surface area (Å²) in [5.74, 6) is 0. The molecule has 0 aromatic rings. The number of piperidine rings is 2. The summed E-state index contributed by atoms with van der Waals surface area (Å²) in [6.45, 7) is 5.35. The monoisotopic (exact) mass is 218 g/mol. The maximum atomic E-state index is 2.73. The van der Waals surface area contributed by atoms with E-state index in [-0.39, 0.29) is 12.4 Å². The van der Waals surface area contributed by atoms with Crippen LogP contribution in [0.15, 0.2) is 0 Å². The van der Waals surface area contributed by atoms with Crippen molar-refractivity contribution in [3.05, 3.63) is 0 Å². The Morgan fingerprint density at radius 3 is 2.00 bits per heavy atom. The average Bonchev–Trinajstić information content (AvgIpc) is 2.20. The van der Waals surface area contributed by atoms with E-state index in [4.69, 9.17) is 0 Å². The lowest BCUT2D eigenvalue weighted by Crippen LogP contribution is -2.45. The molecule has 0 aromatic heterocycles. The minimum absolute atomic E-state index is 0. The Morgan fingerprint density at radius 1 is 0.857 bits per heavy atom. The van der Waals surface area contributed by atoms with E-state index in [1.54, 1.807) is 0 Å². The average molecular weight is 219 g/mol. The SMILES string of the molecule is CN1CCC(N2CCCCC2)CC1.Cl. The first-order chi connectivity index (χ1) is 6.36. The van der Waals surface area contributed by atoms with Gasteiger partial charge < -0.3 is 9.80 Å². The number of hydrogen-bond donors (Lipinski definition) is 0. The normalized spacial score (nSPS) is 27.2. The molecule has 14 heavy (non-hydrogen) atoms. The van der Waals surface area contributed by atoms with Crippen molar-refractivity contribution < 1.29 is 0 Å². The summed E-state index contributed by atoms with van der Waals surface area (Å²) in [5, 5.41) is 0. The second-order valence-electron chi connectivity index (χ2n) is 4.63. The minimum atomic E-state index is 0. The summed E-state index contributed by atoms with van der Waals surface area (Å²) in [7, 11) is 2.24. The molecule has 0 amide bonds. The van der Waals surface area contributed by atoms with Crippen LogP contribution in [0.3, 0.4) is 0 Å². The van der Waals surface area contributed by atoms with Crippen molar-refractivity contribution in [2.75, 3.05) is 33.2 Å². The Balaban J connectivity index is 0.000000980. The lowest BCUT2D eigenvalue weighted by molar-refractivity contribution is 0.103. The molecule has 0 N–H and O–H groups in total. The third kappa shape index (κ3) is 3.11. The highest BCUT2D eigenvalue weighted by atomic mass is 35.5. The van der Waals surface area contributed by atoms with Crippen LogP contribution in [0.2, 0.25) is 0 Å². The third-order valence-corrected chi connectivity index (χ3v) is 3.60. The second-order valence-corrected chi connectivity index (χ2v) is 4.63. The molecule has 84 valence electrons. The summed E-state index contributed by atoms with van der Waals surface area (Å²) < 4.78 is 0. The first kappa shape index (κ1) is 12.3. The molecule has 0 unspecified atom stereocenters. The van der Waals surface area contributed by atoms with E-state index in [9.17, 15) is 0 Å². The molecule has 2 rings (SSSR count). The van der Waals surface area contributed by atoms with Crippen molar-refractivity contribution in [3.63, 3.8) is 0 Å². The molecule has 2 nitrogen and oxygen atoms in total. The lowest BCUT2D eigenvalue weighted by Gasteiger charge is -2.39. The van der Waals surface area contributed by atoms with Crippen molar-refractivity contribution >= 4 is 12.4 Å². The van der Waals surface area contributed by atoms with Crippen molar-refractivity contribution in [2.45, 2.75) is 38.1 Å². The standard InChI is InChI=1S/C11H22N2.ClH/c1-12-9-5-11(6-10-12)13-7-3-2-4-8-13;/h11H,2-10H2,1H3;1H. The minimum Gasteiger partial charge on any atom is -0.306 e. The van der Waals surface area contributed by atoms with Crippen LogP contribution in [0, 0.1) is 0 Å². The van der Waals surface area contributed by atoms with Gasteiger partial charge in [0.1, 0.15) is 0 Å². The van der Waals surface area contributed by atoms with E-state index in [2.05, 4.69) is 16.8 Å². The molecule has 2 aliphatic heterocycles. The first-order valence-corrected chi connectivity index (χ1v) is 5.79. The van der Waals surface area contributed by atoms with Crippen LogP contribution in [0.1, 0.15) is 32.1 Å². The van der Waals surface area contributed by atoms with Crippen LogP contribution in [0.25, 0.3) is 0 Å². The smallest absolute Gasteiger partial charge is 0.0120 e. The molecule has 0 radical (unpaired) electrons. The fourth-order valence-corrected chi connectivity index (χ4v) is 2.64. The van der Waals surface area contributed by atoms with Gasteiger partial charge in [0.15, 0.2) is 0 Å². The van der Waals surface area contributed by atoms with Crippen LogP contribution in [-0.2, 0) is 0 Å². The van der Waals surface area contributed by atoms with Crippen LogP contribution < -0.4 is 0 Å². The van der Waals surface area contributed by atoms with Gasteiger partial charge in [-0.05, 0) is 58.9 Å². The zero-order valence-electron chi connectivity index (χ0n) is 9.24. The molecule has 2 fully saturated rings. The van der Waals surface area contributed by atoms with Gasteiger partial charge in [-0.15, -0.1) is 12.4 Å². The van der Waals surface area contributed by atoms with Crippen LogP contribution in [0.5, 0.6) is 0 Å². The van der Waals surface area contributed by atoms with E-state index in [0.29, 0.717) is 0 Å². The predicted molar refractivity (Wildman–Crippen MR) is 63.2 cm³/mol. The summed E-state index contributed by atoms with van der Waals surface area (Å²) in [6.07, 6.45) is 7.13. The quantitative estimate of drug-likeness (QED) is 0.664. The molecular weight excluding hydrogens is 196 g/mol. The van der Waals surface area contributed by atoms with Crippen molar-refractivity contribution in [1.82, 2.24) is 9.80 Å². The molecule has 0 saturated carbocycles. The Hall–Kier alpha value is 0.210. The van der Waals surface area contributed by atoms with Crippen molar-refractivity contribution in [3.8, 4) is 0 Å². The Bertz CT molecular complexity index is 149.